The summed E-state index contributed by atoms with van der Waals surface area (Å²) in [5.74, 6) is 0.562. The molecule has 1 nitrogen and oxygen atoms in total. The van der Waals surface area contributed by atoms with Crippen molar-refractivity contribution in [3.8, 4) is 0 Å². The highest BCUT2D eigenvalue weighted by molar-refractivity contribution is 5.26. The Morgan fingerprint density at radius 1 is 0.923 bits per heavy atom. The van der Waals surface area contributed by atoms with Crippen molar-refractivity contribution in [2.75, 3.05) is 7.05 Å². The van der Waals surface area contributed by atoms with Gasteiger partial charge in [-0.1, -0.05) is 54.6 Å². The molecule has 3 rings (SSSR count). The fourth-order valence-corrected chi connectivity index (χ4v) is 3.97. The second kappa shape index (κ2) is 9.32. The first kappa shape index (κ1) is 19.1. The van der Waals surface area contributed by atoms with E-state index in [4.69, 9.17) is 0 Å². The van der Waals surface area contributed by atoms with E-state index >= 15 is 0 Å². The van der Waals surface area contributed by atoms with Crippen molar-refractivity contribution in [2.45, 2.75) is 70.1 Å². The summed E-state index contributed by atoms with van der Waals surface area (Å²) in [6.45, 7) is 3.31. The number of nitrogens with zero attached hydrogens (tertiary/aromatic N) is 1. The van der Waals surface area contributed by atoms with Gasteiger partial charge in [-0.25, -0.2) is 4.39 Å². The van der Waals surface area contributed by atoms with Gasteiger partial charge < -0.3 is 0 Å². The van der Waals surface area contributed by atoms with Gasteiger partial charge in [0.25, 0.3) is 0 Å². The summed E-state index contributed by atoms with van der Waals surface area (Å²) in [5.41, 5.74) is 4.18. The highest BCUT2D eigenvalue weighted by atomic mass is 19.1. The van der Waals surface area contributed by atoms with E-state index in [9.17, 15) is 4.39 Å². The maximum absolute atomic E-state index is 13.3. The summed E-state index contributed by atoms with van der Waals surface area (Å²) >= 11 is 0. The zero-order chi connectivity index (χ0) is 18.4. The Hall–Kier alpha value is -1.67. The van der Waals surface area contributed by atoms with Crippen LogP contribution in [0.4, 0.5) is 4.39 Å². The summed E-state index contributed by atoms with van der Waals surface area (Å²) < 4.78 is 13.3. The van der Waals surface area contributed by atoms with Crippen LogP contribution in [0, 0.1) is 0 Å². The van der Waals surface area contributed by atoms with Gasteiger partial charge >= 0.3 is 0 Å². The van der Waals surface area contributed by atoms with Crippen LogP contribution in [0.15, 0.2) is 54.6 Å². The van der Waals surface area contributed by atoms with Gasteiger partial charge in [0.2, 0.25) is 0 Å². The maximum atomic E-state index is 13.3. The highest BCUT2D eigenvalue weighted by Crippen LogP contribution is 2.34. The molecule has 0 heterocycles. The lowest BCUT2D eigenvalue weighted by Crippen LogP contribution is -2.29. The minimum Gasteiger partial charge on any atom is -0.299 e. The van der Waals surface area contributed by atoms with Crippen LogP contribution in [0.1, 0.15) is 61.6 Å². The van der Waals surface area contributed by atoms with Crippen molar-refractivity contribution in [2.24, 2.45) is 0 Å². The Balaban J connectivity index is 1.46. The summed E-state index contributed by atoms with van der Waals surface area (Å²) in [5, 5.41) is 0. The van der Waals surface area contributed by atoms with E-state index < -0.39 is 6.17 Å². The molecule has 2 aromatic carbocycles. The molecule has 1 fully saturated rings. The number of alkyl halides is 1. The number of hydrogen-bond donors (Lipinski definition) is 0. The van der Waals surface area contributed by atoms with Crippen LogP contribution >= 0.6 is 0 Å². The average molecular weight is 354 g/mol. The normalized spacial score (nSPS) is 21.7. The molecule has 2 aromatic rings. The first-order valence-electron chi connectivity index (χ1n) is 10.1. The molecule has 1 aliphatic rings. The predicted octanol–water partition coefficient (Wildman–Crippen LogP) is 6.14. The Morgan fingerprint density at radius 2 is 1.58 bits per heavy atom. The Bertz CT molecular complexity index is 644. The standard InChI is InChI=1S/C24H32FN/c1-19(26(2)18-21-6-4-3-5-7-21)8-9-20-10-12-22(13-11-20)23-14-16-24(25)17-15-23/h3-7,10-13,19,23-24H,8-9,14-18H2,1-2H3. The van der Waals surface area contributed by atoms with Gasteiger partial charge in [0.05, 0.1) is 0 Å². The molecule has 1 saturated carbocycles. The van der Waals surface area contributed by atoms with Crippen molar-refractivity contribution < 1.29 is 4.39 Å². The molecule has 0 amide bonds. The Morgan fingerprint density at radius 3 is 2.23 bits per heavy atom. The lowest BCUT2D eigenvalue weighted by Gasteiger charge is -2.25. The monoisotopic (exact) mass is 353 g/mol. The van der Waals surface area contributed by atoms with Gasteiger partial charge in [-0.2, -0.15) is 0 Å². The van der Waals surface area contributed by atoms with Crippen molar-refractivity contribution in [3.63, 3.8) is 0 Å². The lowest BCUT2D eigenvalue weighted by atomic mass is 9.83. The van der Waals surface area contributed by atoms with Gasteiger partial charge in [-0.05, 0) is 75.1 Å². The van der Waals surface area contributed by atoms with Crippen LogP contribution in [0.3, 0.4) is 0 Å². The number of rotatable bonds is 7. The van der Waals surface area contributed by atoms with Gasteiger partial charge in [0.15, 0.2) is 0 Å². The Labute approximate surface area is 158 Å². The Kier molecular flexibility index (Phi) is 6.85. The molecule has 1 atom stereocenters. The molecule has 2 heteroatoms. The van der Waals surface area contributed by atoms with Crippen LogP contribution in [0.25, 0.3) is 0 Å². The maximum Gasteiger partial charge on any atom is 0.100 e. The number of halogens is 1. The van der Waals surface area contributed by atoms with Crippen molar-refractivity contribution in [1.29, 1.82) is 0 Å². The lowest BCUT2D eigenvalue weighted by molar-refractivity contribution is 0.235. The minimum absolute atomic E-state index is 0.551. The third kappa shape index (κ3) is 5.41. The number of hydrogen-bond acceptors (Lipinski definition) is 1. The van der Waals surface area contributed by atoms with Crippen LogP contribution in [0.2, 0.25) is 0 Å². The zero-order valence-corrected chi connectivity index (χ0v) is 16.2. The van der Waals surface area contributed by atoms with Gasteiger partial charge in [-0.15, -0.1) is 0 Å². The second-order valence-corrected chi connectivity index (χ2v) is 7.98. The van der Waals surface area contributed by atoms with Crippen molar-refractivity contribution >= 4 is 0 Å². The van der Waals surface area contributed by atoms with Crippen LogP contribution < -0.4 is 0 Å². The fraction of sp³-hybridized carbons (Fsp3) is 0.500. The van der Waals surface area contributed by atoms with E-state index in [2.05, 4.69) is 73.5 Å². The van der Waals surface area contributed by atoms with E-state index in [-0.39, 0.29) is 0 Å². The SMILES string of the molecule is CC(CCc1ccc(C2CCC(F)CC2)cc1)N(C)Cc1ccccc1. The smallest absolute Gasteiger partial charge is 0.100 e. The molecule has 0 radical (unpaired) electrons. The predicted molar refractivity (Wildman–Crippen MR) is 108 cm³/mol. The molecule has 0 bridgehead atoms. The first-order chi connectivity index (χ1) is 12.6. The first-order valence-corrected chi connectivity index (χ1v) is 10.1. The quantitative estimate of drug-likeness (QED) is 0.578. The molecule has 26 heavy (non-hydrogen) atoms. The van der Waals surface area contributed by atoms with Crippen molar-refractivity contribution in [3.05, 3.63) is 71.3 Å². The minimum atomic E-state index is -0.570. The third-order valence-electron chi connectivity index (χ3n) is 5.99. The van der Waals surface area contributed by atoms with E-state index in [0.29, 0.717) is 12.0 Å². The van der Waals surface area contributed by atoms with E-state index in [1.165, 1.54) is 16.7 Å². The molecule has 0 spiro atoms. The molecule has 0 N–H and O–H groups in total. The molecular formula is C24H32FN. The van der Waals surface area contributed by atoms with E-state index in [1.54, 1.807) is 0 Å². The summed E-state index contributed by atoms with van der Waals surface area (Å²) in [6.07, 6.45) is 5.17. The number of aryl methyl sites for hydroxylation is 1. The topological polar surface area (TPSA) is 3.24 Å². The summed E-state index contributed by atoms with van der Waals surface area (Å²) in [4.78, 5) is 2.43. The molecule has 1 unspecified atom stereocenters. The van der Waals surface area contributed by atoms with Crippen molar-refractivity contribution in [1.82, 2.24) is 4.90 Å². The third-order valence-corrected chi connectivity index (χ3v) is 5.99. The molecule has 0 aromatic heterocycles. The zero-order valence-electron chi connectivity index (χ0n) is 16.2. The summed E-state index contributed by atoms with van der Waals surface area (Å²) in [7, 11) is 2.21. The van der Waals surface area contributed by atoms with E-state index in [0.717, 1.165) is 45.1 Å². The highest BCUT2D eigenvalue weighted by Gasteiger charge is 2.21. The number of benzene rings is 2. The molecule has 0 aliphatic heterocycles. The largest absolute Gasteiger partial charge is 0.299 e. The van der Waals surface area contributed by atoms with Gasteiger partial charge in [0, 0.05) is 12.6 Å². The molecule has 140 valence electrons. The van der Waals surface area contributed by atoms with Crippen LogP contribution in [0.5, 0.6) is 0 Å². The average Bonchev–Trinajstić information content (AvgIpc) is 2.68. The molecular weight excluding hydrogens is 321 g/mol. The summed E-state index contributed by atoms with van der Waals surface area (Å²) in [6, 6.07) is 20.3. The van der Waals surface area contributed by atoms with E-state index in [1.807, 2.05) is 0 Å². The second-order valence-electron chi connectivity index (χ2n) is 7.98. The van der Waals surface area contributed by atoms with Crippen LogP contribution in [-0.4, -0.2) is 24.2 Å². The fourth-order valence-electron chi connectivity index (χ4n) is 3.97. The van der Waals surface area contributed by atoms with Crippen LogP contribution in [-0.2, 0) is 13.0 Å². The molecule has 1 aliphatic carbocycles. The molecule has 0 saturated heterocycles. The van der Waals surface area contributed by atoms with Gasteiger partial charge in [0.1, 0.15) is 6.17 Å². The van der Waals surface area contributed by atoms with Gasteiger partial charge in [-0.3, -0.25) is 4.90 Å².